The molecular weight excluding hydrogens is 205 g/mol. The van der Waals surface area contributed by atoms with E-state index in [1.807, 2.05) is 13.0 Å². The number of rotatable bonds is 4. The van der Waals surface area contributed by atoms with E-state index in [4.69, 9.17) is 4.74 Å². The van der Waals surface area contributed by atoms with Gasteiger partial charge < -0.3 is 10.1 Å². The quantitative estimate of drug-likeness (QED) is 0.845. The summed E-state index contributed by atoms with van der Waals surface area (Å²) in [5, 5.41) is 3.29. The molecule has 0 aliphatic carbocycles. The molecule has 1 N–H and O–H groups in total. The molecule has 1 aliphatic heterocycles. The van der Waals surface area contributed by atoms with Crippen LogP contribution in [-0.2, 0) is 11.3 Å². The molecule has 0 saturated carbocycles. The highest BCUT2D eigenvalue weighted by Crippen LogP contribution is 2.25. The third kappa shape index (κ3) is 2.60. The number of benzene rings is 1. The summed E-state index contributed by atoms with van der Waals surface area (Å²) in [6.07, 6.45) is 0. The molecule has 1 aliphatic rings. The molecular formula is C13H18FNO. The fourth-order valence-corrected chi connectivity index (χ4v) is 1.89. The first-order valence-corrected chi connectivity index (χ1v) is 5.63. The van der Waals surface area contributed by atoms with Gasteiger partial charge >= 0.3 is 0 Å². The van der Waals surface area contributed by atoms with Crippen LogP contribution in [0.15, 0.2) is 18.2 Å². The number of aryl methyl sites for hydroxylation is 1. The Morgan fingerprint density at radius 3 is 2.81 bits per heavy atom. The van der Waals surface area contributed by atoms with E-state index in [9.17, 15) is 4.39 Å². The van der Waals surface area contributed by atoms with Crippen molar-refractivity contribution in [2.45, 2.75) is 20.4 Å². The fraction of sp³-hybridized carbons (Fsp3) is 0.538. The van der Waals surface area contributed by atoms with Crippen LogP contribution in [0.1, 0.15) is 18.1 Å². The van der Waals surface area contributed by atoms with Gasteiger partial charge in [0.15, 0.2) is 0 Å². The minimum atomic E-state index is -0.131. The van der Waals surface area contributed by atoms with E-state index in [0.29, 0.717) is 6.54 Å². The van der Waals surface area contributed by atoms with Crippen molar-refractivity contribution >= 4 is 0 Å². The molecule has 0 amide bonds. The summed E-state index contributed by atoms with van der Waals surface area (Å²) in [5.41, 5.74) is 2.07. The zero-order chi connectivity index (χ0) is 11.6. The number of hydrogen-bond acceptors (Lipinski definition) is 2. The van der Waals surface area contributed by atoms with E-state index in [2.05, 4.69) is 12.2 Å². The Morgan fingerprint density at radius 1 is 1.44 bits per heavy atom. The van der Waals surface area contributed by atoms with Crippen LogP contribution in [0.25, 0.3) is 0 Å². The van der Waals surface area contributed by atoms with E-state index >= 15 is 0 Å². The molecule has 1 saturated heterocycles. The van der Waals surface area contributed by atoms with Crippen molar-refractivity contribution in [3.05, 3.63) is 35.1 Å². The lowest BCUT2D eigenvalue weighted by molar-refractivity contribution is -0.0991. The van der Waals surface area contributed by atoms with Gasteiger partial charge in [-0.1, -0.05) is 24.6 Å². The van der Waals surface area contributed by atoms with Gasteiger partial charge in [-0.3, -0.25) is 0 Å². The van der Waals surface area contributed by atoms with E-state index in [1.165, 1.54) is 6.07 Å². The van der Waals surface area contributed by atoms with Gasteiger partial charge in [-0.15, -0.1) is 0 Å². The molecule has 0 unspecified atom stereocenters. The summed E-state index contributed by atoms with van der Waals surface area (Å²) in [6.45, 7) is 7.22. The lowest BCUT2D eigenvalue weighted by atomic mass is 9.89. The SMILES string of the molecule is Cc1ccc(F)c(CNCC2(C)COC2)c1. The second-order valence-electron chi connectivity index (χ2n) is 5.00. The molecule has 1 aromatic carbocycles. The van der Waals surface area contributed by atoms with Crippen molar-refractivity contribution in [1.82, 2.24) is 5.32 Å². The summed E-state index contributed by atoms with van der Waals surface area (Å²) in [4.78, 5) is 0. The van der Waals surface area contributed by atoms with Crippen LogP contribution in [0.3, 0.4) is 0 Å². The number of nitrogens with one attached hydrogen (secondary N) is 1. The van der Waals surface area contributed by atoms with Gasteiger partial charge in [-0.2, -0.15) is 0 Å². The Kier molecular flexibility index (Phi) is 3.26. The average molecular weight is 223 g/mol. The van der Waals surface area contributed by atoms with Crippen molar-refractivity contribution in [3.63, 3.8) is 0 Å². The summed E-state index contributed by atoms with van der Waals surface area (Å²) in [7, 11) is 0. The maximum atomic E-state index is 13.4. The summed E-state index contributed by atoms with van der Waals surface area (Å²) < 4.78 is 18.6. The largest absolute Gasteiger partial charge is 0.380 e. The molecule has 0 bridgehead atoms. The molecule has 0 atom stereocenters. The Labute approximate surface area is 95.8 Å². The monoisotopic (exact) mass is 223 g/mol. The van der Waals surface area contributed by atoms with Gasteiger partial charge in [-0.05, 0) is 13.0 Å². The van der Waals surface area contributed by atoms with Crippen molar-refractivity contribution in [2.24, 2.45) is 5.41 Å². The van der Waals surface area contributed by atoms with Gasteiger partial charge in [-0.25, -0.2) is 4.39 Å². The maximum absolute atomic E-state index is 13.4. The molecule has 0 radical (unpaired) electrons. The normalized spacial score (nSPS) is 18.2. The molecule has 3 heteroatoms. The van der Waals surface area contributed by atoms with Crippen LogP contribution >= 0.6 is 0 Å². The zero-order valence-corrected chi connectivity index (χ0v) is 9.85. The number of ether oxygens (including phenoxy) is 1. The van der Waals surface area contributed by atoms with Crippen LogP contribution < -0.4 is 5.32 Å². The first-order chi connectivity index (χ1) is 7.59. The van der Waals surface area contributed by atoms with Crippen molar-refractivity contribution in [3.8, 4) is 0 Å². The second kappa shape index (κ2) is 4.52. The fourth-order valence-electron chi connectivity index (χ4n) is 1.89. The van der Waals surface area contributed by atoms with E-state index in [-0.39, 0.29) is 11.2 Å². The Hall–Kier alpha value is -0.930. The molecule has 1 aromatic rings. The molecule has 88 valence electrons. The number of hydrogen-bond donors (Lipinski definition) is 1. The highest BCUT2D eigenvalue weighted by Gasteiger charge is 2.32. The minimum absolute atomic E-state index is 0.131. The first kappa shape index (κ1) is 11.6. The molecule has 2 nitrogen and oxygen atoms in total. The summed E-state index contributed by atoms with van der Waals surface area (Å²) in [5.74, 6) is -0.131. The summed E-state index contributed by atoms with van der Waals surface area (Å²) in [6, 6.07) is 5.21. The van der Waals surface area contributed by atoms with Gasteiger partial charge in [0.2, 0.25) is 0 Å². The molecule has 2 rings (SSSR count). The third-order valence-electron chi connectivity index (χ3n) is 2.97. The van der Waals surface area contributed by atoms with Crippen LogP contribution in [0.4, 0.5) is 4.39 Å². The molecule has 0 aromatic heterocycles. The average Bonchev–Trinajstić information content (AvgIpc) is 2.21. The van der Waals surface area contributed by atoms with Crippen molar-refractivity contribution < 1.29 is 9.13 Å². The van der Waals surface area contributed by atoms with Gasteiger partial charge in [0.25, 0.3) is 0 Å². The Bertz CT molecular complexity index is 374. The molecule has 16 heavy (non-hydrogen) atoms. The molecule has 1 heterocycles. The van der Waals surface area contributed by atoms with Gasteiger partial charge in [0, 0.05) is 24.1 Å². The van der Waals surface area contributed by atoms with Crippen LogP contribution in [0.5, 0.6) is 0 Å². The lowest BCUT2D eigenvalue weighted by Gasteiger charge is -2.38. The van der Waals surface area contributed by atoms with Crippen molar-refractivity contribution in [2.75, 3.05) is 19.8 Å². The molecule has 0 spiro atoms. The van der Waals surface area contributed by atoms with Crippen LogP contribution in [0, 0.1) is 18.2 Å². The van der Waals surface area contributed by atoms with Gasteiger partial charge in [0.1, 0.15) is 5.82 Å². The van der Waals surface area contributed by atoms with Crippen LogP contribution in [-0.4, -0.2) is 19.8 Å². The highest BCUT2D eigenvalue weighted by molar-refractivity contribution is 5.23. The molecule has 1 fully saturated rings. The second-order valence-corrected chi connectivity index (χ2v) is 5.00. The third-order valence-corrected chi connectivity index (χ3v) is 2.97. The van der Waals surface area contributed by atoms with E-state index < -0.39 is 0 Å². The Morgan fingerprint density at radius 2 is 2.19 bits per heavy atom. The van der Waals surface area contributed by atoms with E-state index in [1.54, 1.807) is 6.07 Å². The minimum Gasteiger partial charge on any atom is -0.380 e. The van der Waals surface area contributed by atoms with Crippen molar-refractivity contribution in [1.29, 1.82) is 0 Å². The number of halogens is 1. The maximum Gasteiger partial charge on any atom is 0.127 e. The Balaban J connectivity index is 1.87. The summed E-state index contributed by atoms with van der Waals surface area (Å²) >= 11 is 0. The zero-order valence-electron chi connectivity index (χ0n) is 9.85. The predicted molar refractivity (Wildman–Crippen MR) is 61.8 cm³/mol. The smallest absolute Gasteiger partial charge is 0.127 e. The van der Waals surface area contributed by atoms with Crippen LogP contribution in [0.2, 0.25) is 0 Å². The van der Waals surface area contributed by atoms with Gasteiger partial charge in [0.05, 0.1) is 13.2 Å². The topological polar surface area (TPSA) is 21.3 Å². The van der Waals surface area contributed by atoms with E-state index in [0.717, 1.165) is 30.9 Å². The predicted octanol–water partition coefficient (Wildman–Crippen LogP) is 2.26. The first-order valence-electron chi connectivity index (χ1n) is 5.63. The standard InChI is InChI=1S/C13H18FNO/c1-10-3-4-12(14)11(5-10)6-15-7-13(2)8-16-9-13/h3-5,15H,6-9H2,1-2H3. The highest BCUT2D eigenvalue weighted by atomic mass is 19.1. The lowest BCUT2D eigenvalue weighted by Crippen LogP contribution is -2.47.